The number of hydrogen-bond acceptors (Lipinski definition) is 5. The summed E-state index contributed by atoms with van der Waals surface area (Å²) in [7, 11) is 0. The first-order valence-corrected chi connectivity index (χ1v) is 7.51. The summed E-state index contributed by atoms with van der Waals surface area (Å²) in [5.74, 6) is -0.359. The van der Waals surface area contributed by atoms with E-state index >= 15 is 0 Å². The second kappa shape index (κ2) is 7.22. The number of thioether (sulfide) groups is 1. The fourth-order valence-electron chi connectivity index (χ4n) is 1.20. The molecule has 0 fully saturated rings. The van der Waals surface area contributed by atoms with Crippen molar-refractivity contribution in [2.45, 2.75) is 19.4 Å². The Bertz CT molecular complexity index is 422. The fourth-order valence-corrected chi connectivity index (χ4v) is 2.35. The molecule has 0 aliphatic carbocycles. The van der Waals surface area contributed by atoms with Gasteiger partial charge < -0.3 is 10.4 Å². The highest BCUT2D eigenvalue weighted by Crippen LogP contribution is 2.14. The van der Waals surface area contributed by atoms with Gasteiger partial charge in [0, 0.05) is 5.38 Å². The smallest absolute Gasteiger partial charge is 0.326 e. The predicted octanol–water partition coefficient (Wildman–Crippen LogP) is 1.78. The largest absolute Gasteiger partial charge is 0.480 e. The van der Waals surface area contributed by atoms with Gasteiger partial charge in [-0.25, -0.2) is 14.6 Å². The van der Waals surface area contributed by atoms with E-state index in [0.29, 0.717) is 17.3 Å². The molecule has 1 aromatic heterocycles. The Morgan fingerprint density at radius 1 is 1.61 bits per heavy atom. The maximum Gasteiger partial charge on any atom is 0.326 e. The first-order valence-electron chi connectivity index (χ1n) is 5.24. The molecule has 1 atom stereocenters. The molecule has 100 valence electrons. The van der Waals surface area contributed by atoms with Crippen LogP contribution in [0.3, 0.4) is 0 Å². The third-order valence-corrected chi connectivity index (χ3v) is 3.57. The molecule has 2 amide bonds. The quantitative estimate of drug-likeness (QED) is 0.742. The lowest BCUT2D eigenvalue weighted by molar-refractivity contribution is -0.139. The minimum Gasteiger partial charge on any atom is -0.480 e. The number of carboxylic acids is 1. The molecule has 6 nitrogen and oxygen atoms in total. The minimum atomic E-state index is -1.03. The summed E-state index contributed by atoms with van der Waals surface area (Å²) in [6.45, 7) is 1.82. The van der Waals surface area contributed by atoms with Gasteiger partial charge in [-0.05, 0) is 25.4 Å². The summed E-state index contributed by atoms with van der Waals surface area (Å²) >= 11 is 2.83. The van der Waals surface area contributed by atoms with E-state index in [1.807, 2.05) is 13.2 Å². The molecule has 0 saturated carbocycles. The number of thiazole rings is 1. The first-order chi connectivity index (χ1) is 8.52. The lowest BCUT2D eigenvalue weighted by atomic mass is 10.2. The zero-order valence-electron chi connectivity index (χ0n) is 10.1. The highest BCUT2D eigenvalue weighted by Gasteiger charge is 2.19. The van der Waals surface area contributed by atoms with E-state index in [0.717, 1.165) is 5.69 Å². The average Bonchev–Trinajstić information content (AvgIpc) is 2.69. The summed E-state index contributed by atoms with van der Waals surface area (Å²) in [5.41, 5.74) is 0.812. The third kappa shape index (κ3) is 4.92. The lowest BCUT2D eigenvalue weighted by Crippen LogP contribution is -2.43. The Kier molecular flexibility index (Phi) is 5.93. The van der Waals surface area contributed by atoms with Gasteiger partial charge in [0.05, 0.1) is 5.69 Å². The molecule has 1 aromatic rings. The van der Waals surface area contributed by atoms with E-state index in [2.05, 4.69) is 15.6 Å². The topological polar surface area (TPSA) is 91.3 Å². The van der Waals surface area contributed by atoms with Gasteiger partial charge in [0.15, 0.2) is 5.13 Å². The SMILES string of the molecule is CSCC[C@H](NC(=O)Nc1nc(C)cs1)C(=O)O. The Hall–Kier alpha value is -1.28. The summed E-state index contributed by atoms with van der Waals surface area (Å²) < 4.78 is 0. The monoisotopic (exact) mass is 289 g/mol. The van der Waals surface area contributed by atoms with Gasteiger partial charge in [-0.3, -0.25) is 5.32 Å². The number of anilines is 1. The minimum absolute atomic E-state index is 0.390. The maximum atomic E-state index is 11.6. The van der Waals surface area contributed by atoms with Crippen molar-refractivity contribution in [2.75, 3.05) is 17.3 Å². The number of aromatic nitrogens is 1. The molecule has 1 rings (SSSR count). The van der Waals surface area contributed by atoms with Crippen LogP contribution in [0.25, 0.3) is 0 Å². The molecule has 0 spiro atoms. The van der Waals surface area contributed by atoms with Crippen LogP contribution in [-0.2, 0) is 4.79 Å². The average molecular weight is 289 g/mol. The zero-order chi connectivity index (χ0) is 13.5. The van der Waals surface area contributed by atoms with Gasteiger partial charge in [-0.2, -0.15) is 11.8 Å². The van der Waals surface area contributed by atoms with Gasteiger partial charge in [0.25, 0.3) is 0 Å². The predicted molar refractivity (Wildman–Crippen MR) is 73.4 cm³/mol. The Labute approximate surface area is 113 Å². The van der Waals surface area contributed by atoms with E-state index < -0.39 is 18.0 Å². The number of rotatable bonds is 6. The van der Waals surface area contributed by atoms with Crippen LogP contribution in [0.2, 0.25) is 0 Å². The van der Waals surface area contributed by atoms with E-state index in [4.69, 9.17) is 5.11 Å². The molecule has 0 bridgehead atoms. The lowest BCUT2D eigenvalue weighted by Gasteiger charge is -2.13. The van der Waals surface area contributed by atoms with Crippen molar-refractivity contribution in [1.29, 1.82) is 0 Å². The Balaban J connectivity index is 2.48. The number of carbonyl (C=O) groups excluding carboxylic acids is 1. The van der Waals surface area contributed by atoms with Crippen molar-refractivity contribution in [2.24, 2.45) is 0 Å². The number of urea groups is 1. The summed E-state index contributed by atoms with van der Waals surface area (Å²) in [6, 6.07) is -1.42. The van der Waals surface area contributed by atoms with Crippen LogP contribution < -0.4 is 10.6 Å². The summed E-state index contributed by atoms with van der Waals surface area (Å²) in [5, 5.41) is 16.1. The number of nitrogens with zero attached hydrogens (tertiary/aromatic N) is 1. The number of nitrogens with one attached hydrogen (secondary N) is 2. The summed E-state index contributed by atoms with van der Waals surface area (Å²) in [6.07, 6.45) is 2.28. The highest BCUT2D eigenvalue weighted by molar-refractivity contribution is 7.98. The Morgan fingerprint density at radius 2 is 2.33 bits per heavy atom. The molecule has 18 heavy (non-hydrogen) atoms. The second-order valence-corrected chi connectivity index (χ2v) is 5.41. The standard InChI is InChI=1S/C10H15N3O3S2/c1-6-5-18-10(11-6)13-9(16)12-7(8(14)15)3-4-17-2/h5,7H,3-4H2,1-2H3,(H,14,15)(H2,11,12,13,16)/t7-/m0/s1. The van der Waals surface area contributed by atoms with Crippen molar-refractivity contribution < 1.29 is 14.7 Å². The van der Waals surface area contributed by atoms with Crippen LogP contribution in [0.15, 0.2) is 5.38 Å². The highest BCUT2D eigenvalue weighted by atomic mass is 32.2. The van der Waals surface area contributed by atoms with Crippen molar-refractivity contribution in [3.8, 4) is 0 Å². The van der Waals surface area contributed by atoms with Gasteiger partial charge in [0.1, 0.15) is 6.04 Å². The van der Waals surface area contributed by atoms with Crippen LogP contribution >= 0.6 is 23.1 Å². The molecule has 0 aromatic carbocycles. The molecular weight excluding hydrogens is 274 g/mol. The van der Waals surface area contributed by atoms with Gasteiger partial charge in [-0.15, -0.1) is 11.3 Å². The number of aliphatic carboxylic acids is 1. The van der Waals surface area contributed by atoms with E-state index in [1.165, 1.54) is 23.1 Å². The number of amides is 2. The molecule has 3 N–H and O–H groups in total. The zero-order valence-corrected chi connectivity index (χ0v) is 11.7. The molecule has 0 radical (unpaired) electrons. The third-order valence-electron chi connectivity index (χ3n) is 2.05. The van der Waals surface area contributed by atoms with Crippen molar-refractivity contribution in [1.82, 2.24) is 10.3 Å². The number of carboxylic acid groups (broad SMARTS) is 1. The fraction of sp³-hybridized carbons (Fsp3) is 0.500. The number of aryl methyl sites for hydroxylation is 1. The van der Waals surface area contributed by atoms with Crippen LogP contribution in [0, 0.1) is 6.92 Å². The van der Waals surface area contributed by atoms with E-state index in [9.17, 15) is 9.59 Å². The van der Waals surface area contributed by atoms with Gasteiger partial charge >= 0.3 is 12.0 Å². The summed E-state index contributed by atoms with van der Waals surface area (Å²) in [4.78, 5) is 26.6. The number of hydrogen-bond donors (Lipinski definition) is 3. The molecule has 0 saturated heterocycles. The van der Waals surface area contributed by atoms with Gasteiger partial charge in [0.2, 0.25) is 0 Å². The number of carbonyl (C=O) groups is 2. The normalized spacial score (nSPS) is 11.9. The second-order valence-electron chi connectivity index (χ2n) is 3.56. The van der Waals surface area contributed by atoms with Gasteiger partial charge in [-0.1, -0.05) is 0 Å². The van der Waals surface area contributed by atoms with E-state index in [-0.39, 0.29) is 0 Å². The molecule has 0 aliphatic rings. The van der Waals surface area contributed by atoms with Crippen molar-refractivity contribution in [3.63, 3.8) is 0 Å². The van der Waals surface area contributed by atoms with Crippen LogP contribution in [0.4, 0.5) is 9.93 Å². The molecule has 1 heterocycles. The molecule has 0 unspecified atom stereocenters. The Morgan fingerprint density at radius 3 is 2.83 bits per heavy atom. The van der Waals surface area contributed by atoms with Crippen molar-refractivity contribution >= 4 is 40.2 Å². The van der Waals surface area contributed by atoms with E-state index in [1.54, 1.807) is 5.38 Å². The first kappa shape index (κ1) is 14.8. The molecular formula is C10H15N3O3S2. The van der Waals surface area contributed by atoms with Crippen LogP contribution in [0.1, 0.15) is 12.1 Å². The van der Waals surface area contributed by atoms with Crippen molar-refractivity contribution in [3.05, 3.63) is 11.1 Å². The van der Waals surface area contributed by atoms with Crippen LogP contribution in [-0.4, -0.2) is 40.1 Å². The molecule has 8 heteroatoms. The van der Waals surface area contributed by atoms with Crippen LogP contribution in [0.5, 0.6) is 0 Å². The maximum absolute atomic E-state index is 11.6. The molecule has 0 aliphatic heterocycles.